The molecule has 0 saturated heterocycles. The van der Waals surface area contributed by atoms with Crippen LogP contribution in [0.3, 0.4) is 0 Å². The van der Waals surface area contributed by atoms with Crippen molar-refractivity contribution in [2.24, 2.45) is 16.1 Å². The van der Waals surface area contributed by atoms with Gasteiger partial charge in [-0.3, -0.25) is 9.69 Å². The van der Waals surface area contributed by atoms with Crippen molar-refractivity contribution in [3.63, 3.8) is 0 Å². The fourth-order valence-corrected chi connectivity index (χ4v) is 7.04. The highest BCUT2D eigenvalue weighted by Gasteiger charge is 2.65. The molecule has 1 saturated carbocycles. The topological polar surface area (TPSA) is 146 Å². The number of guanidine groups is 1. The molecule has 0 radical (unpaired) electrons. The average Bonchev–Trinajstić information content (AvgIpc) is 3.40. The molecule has 2 amide bonds. The van der Waals surface area contributed by atoms with Gasteiger partial charge >= 0.3 is 18.8 Å². The second-order valence-electron chi connectivity index (χ2n) is 14.4. The Morgan fingerprint density at radius 3 is 2.40 bits per heavy atom. The Balaban J connectivity index is 1.39. The van der Waals surface area contributed by atoms with Crippen LogP contribution in [0.4, 0.5) is 39.9 Å². The largest absolute Gasteiger partial charge is 0.447 e. The first kappa shape index (κ1) is 39.7. The van der Waals surface area contributed by atoms with Crippen LogP contribution in [0.1, 0.15) is 82.4 Å². The molecule has 3 atom stereocenters. The highest BCUT2D eigenvalue weighted by Crippen LogP contribution is 2.52. The molecular weight excluding hydrogens is 770 g/mol. The molecule has 1 unspecified atom stereocenters. The van der Waals surface area contributed by atoms with Gasteiger partial charge in [0.05, 0.1) is 22.9 Å². The van der Waals surface area contributed by atoms with Crippen LogP contribution in [0.15, 0.2) is 60.1 Å². The van der Waals surface area contributed by atoms with Gasteiger partial charge in [0.25, 0.3) is 12.3 Å². The number of carbonyl (C=O) groups excluding carboxylic acids is 2. The van der Waals surface area contributed by atoms with Crippen LogP contribution in [0.2, 0.25) is 5.02 Å². The summed E-state index contributed by atoms with van der Waals surface area (Å²) in [7, 11) is 0. The predicted molar refractivity (Wildman–Crippen MR) is 181 cm³/mol. The van der Waals surface area contributed by atoms with Gasteiger partial charge in [-0.2, -0.15) is 32.1 Å². The van der Waals surface area contributed by atoms with Crippen molar-refractivity contribution < 1.29 is 49.4 Å². The van der Waals surface area contributed by atoms with Gasteiger partial charge in [-0.15, -0.1) is 0 Å². The Bertz CT molecular complexity index is 2070. The molecule has 3 aliphatic rings. The molecule has 12 nitrogen and oxygen atoms in total. The fraction of sp³-hybridized carbons (Fsp3) is 0.471. The van der Waals surface area contributed by atoms with E-state index in [1.54, 1.807) is 25.2 Å². The van der Waals surface area contributed by atoms with Crippen LogP contribution < -0.4 is 11.1 Å². The van der Waals surface area contributed by atoms with Gasteiger partial charge in [-0.25, -0.2) is 37.3 Å². The maximum absolute atomic E-state index is 15.8. The van der Waals surface area contributed by atoms with Crippen LogP contribution in [-0.4, -0.2) is 76.9 Å². The van der Waals surface area contributed by atoms with Crippen molar-refractivity contribution in [1.82, 2.24) is 34.8 Å². The van der Waals surface area contributed by atoms with Crippen molar-refractivity contribution in [3.8, 4) is 5.69 Å². The molecule has 1 fully saturated rings. The van der Waals surface area contributed by atoms with Crippen LogP contribution in [0, 0.1) is 5.41 Å². The minimum absolute atomic E-state index is 0.0159. The minimum atomic E-state index is -4.78. The third-order valence-electron chi connectivity index (χ3n) is 9.93. The van der Waals surface area contributed by atoms with Crippen molar-refractivity contribution in [2.75, 3.05) is 6.61 Å². The van der Waals surface area contributed by atoms with E-state index in [0.717, 1.165) is 22.1 Å². The Morgan fingerprint density at radius 2 is 1.84 bits per heavy atom. The molecule has 2 aliphatic carbocycles. The first-order valence-electron chi connectivity index (χ1n) is 16.7. The number of hydrogen-bond donors (Lipinski definition) is 2. The number of benzene rings is 1. The highest BCUT2D eigenvalue weighted by atomic mass is 35.5. The average molecular weight is 804 g/mol. The van der Waals surface area contributed by atoms with E-state index in [0.29, 0.717) is 15.8 Å². The zero-order chi connectivity index (χ0) is 40.3. The van der Waals surface area contributed by atoms with Crippen molar-refractivity contribution in [3.05, 3.63) is 77.1 Å². The number of alkyl halides is 8. The molecule has 3 heterocycles. The van der Waals surface area contributed by atoms with Gasteiger partial charge < -0.3 is 15.8 Å². The van der Waals surface area contributed by atoms with Crippen LogP contribution in [0.5, 0.6) is 0 Å². The van der Waals surface area contributed by atoms with Gasteiger partial charge in [0.2, 0.25) is 0 Å². The minimum Gasteiger partial charge on any atom is -0.447 e. The summed E-state index contributed by atoms with van der Waals surface area (Å²) in [4.78, 5) is 36.8. The lowest BCUT2D eigenvalue weighted by Crippen LogP contribution is -2.56. The molecule has 3 aromatic rings. The lowest BCUT2D eigenvalue weighted by Gasteiger charge is -2.44. The van der Waals surface area contributed by atoms with E-state index >= 15 is 4.39 Å². The fourth-order valence-electron chi connectivity index (χ4n) is 6.84. The zero-order valence-corrected chi connectivity index (χ0v) is 30.1. The maximum Gasteiger partial charge on any atom is 0.411 e. The summed E-state index contributed by atoms with van der Waals surface area (Å²) in [5.41, 5.74) is -0.718. The van der Waals surface area contributed by atoms with Gasteiger partial charge in [0.15, 0.2) is 17.3 Å². The molecule has 0 bridgehead atoms. The third kappa shape index (κ3) is 7.39. The van der Waals surface area contributed by atoms with Crippen LogP contribution >= 0.6 is 11.6 Å². The number of hydrogen-bond acceptors (Lipinski definition) is 8. The lowest BCUT2D eigenvalue weighted by atomic mass is 9.62. The zero-order valence-electron chi connectivity index (χ0n) is 29.3. The Labute approximate surface area is 313 Å². The van der Waals surface area contributed by atoms with Crippen molar-refractivity contribution >= 4 is 35.1 Å². The normalized spacial score (nSPS) is 22.9. The van der Waals surface area contributed by atoms with Crippen LogP contribution in [-0.2, 0) is 9.53 Å². The summed E-state index contributed by atoms with van der Waals surface area (Å²) in [6, 6.07) is 2.33. The van der Waals surface area contributed by atoms with E-state index < -0.39 is 84.2 Å². The highest BCUT2D eigenvalue weighted by molar-refractivity contribution is 6.32. The summed E-state index contributed by atoms with van der Waals surface area (Å²) >= 11 is 6.38. The summed E-state index contributed by atoms with van der Waals surface area (Å²) in [5, 5.41) is 9.20. The second kappa shape index (κ2) is 13.9. The number of aliphatic imine (C=N–C) groups is 1. The smallest absolute Gasteiger partial charge is 0.411 e. The van der Waals surface area contributed by atoms with E-state index in [2.05, 4.69) is 20.2 Å². The quantitative estimate of drug-likeness (QED) is 0.182. The van der Waals surface area contributed by atoms with Crippen molar-refractivity contribution in [2.45, 2.75) is 88.4 Å². The van der Waals surface area contributed by atoms with Gasteiger partial charge in [0, 0.05) is 23.6 Å². The Kier molecular flexibility index (Phi) is 10.1. The monoisotopic (exact) mass is 803 g/mol. The standard InChI is InChI=1S/C34H34ClF8N9O3/c1-30(2,40)16-33(31(3)8-6-18(7-9-31)20-13-46-50(14-20)27(38)39)26(53)51(28(44)48-33)23(15-55-29(54)49-32(10-11-32)34(41,42)43)19-4-5-21(35)22(12-19)52-25(24(36)37)45-17-47-52/h4-8,12-14,17,23-24,27H,9-11,15-16H2,1-3H3,(H2,44,48)(H,49,54)/t23-,31?,33+/m1/s1. The lowest BCUT2D eigenvalue weighted by molar-refractivity contribution is -0.164. The Hall–Kier alpha value is -5.01. The molecule has 21 heteroatoms. The van der Waals surface area contributed by atoms with E-state index in [1.165, 1.54) is 38.2 Å². The molecular formula is C34H34ClF8N9O3. The Morgan fingerprint density at radius 1 is 1.13 bits per heavy atom. The third-order valence-corrected chi connectivity index (χ3v) is 10.2. The van der Waals surface area contributed by atoms with E-state index in [9.17, 15) is 40.3 Å². The second-order valence-corrected chi connectivity index (χ2v) is 14.8. The number of carbonyl (C=O) groups is 2. The number of alkyl carbamates (subject to hydrolysis) is 1. The molecule has 3 N–H and O–H groups in total. The number of nitrogens with one attached hydrogen (secondary N) is 1. The number of aromatic nitrogens is 5. The molecule has 1 aliphatic heterocycles. The summed E-state index contributed by atoms with van der Waals surface area (Å²) < 4.78 is 117. The van der Waals surface area contributed by atoms with Gasteiger partial charge in [-0.1, -0.05) is 42.8 Å². The molecule has 1 aromatic carbocycles. The maximum atomic E-state index is 15.8. The van der Waals surface area contributed by atoms with Crippen LogP contribution in [0.25, 0.3) is 11.3 Å². The number of nitrogens with zero attached hydrogens (tertiary/aromatic N) is 7. The number of amides is 2. The molecule has 55 heavy (non-hydrogen) atoms. The van der Waals surface area contributed by atoms with Crippen molar-refractivity contribution in [1.29, 1.82) is 0 Å². The predicted octanol–water partition coefficient (Wildman–Crippen LogP) is 7.40. The van der Waals surface area contributed by atoms with E-state index in [4.69, 9.17) is 22.1 Å². The number of rotatable bonds is 12. The van der Waals surface area contributed by atoms with Gasteiger partial charge in [-0.05, 0) is 56.4 Å². The van der Waals surface area contributed by atoms with E-state index in [-0.39, 0.29) is 35.5 Å². The molecule has 0 spiro atoms. The first-order valence-corrected chi connectivity index (χ1v) is 17.1. The summed E-state index contributed by atoms with van der Waals surface area (Å²) in [6.07, 6.45) is -2.66. The number of ether oxygens (including phenoxy) is 1. The molecule has 2 aromatic heterocycles. The molecule has 296 valence electrons. The number of allylic oxidation sites excluding steroid dienone is 3. The first-order chi connectivity index (χ1) is 25.6. The molecule has 6 rings (SSSR count). The van der Waals surface area contributed by atoms with E-state index in [1.807, 2.05) is 5.32 Å². The summed E-state index contributed by atoms with van der Waals surface area (Å²) in [6.45, 7) is 0.321. The summed E-state index contributed by atoms with van der Waals surface area (Å²) in [5.74, 6) is -2.16. The SMILES string of the molecule is CC(C)(F)C[C@]1(C2(C)C=CC(c3cnn(C(F)F)c3)=CC2)N=C(N)N([C@H](COC(=O)NC2(C(F)(F)F)CC2)c2ccc(Cl)c(-n3ncnc3C(F)F)c2)C1=O. The van der Waals surface area contributed by atoms with Gasteiger partial charge in [0.1, 0.15) is 24.1 Å². The number of halogens is 9. The number of nitrogens with two attached hydrogens (primary N) is 1.